The Morgan fingerprint density at radius 2 is 0.895 bits per heavy atom. The quantitative estimate of drug-likeness (QED) is 0.246. The van der Waals surface area contributed by atoms with Crippen molar-refractivity contribution in [2.24, 2.45) is 0 Å². The maximum absolute atomic E-state index is 14.7. The van der Waals surface area contributed by atoms with Crippen LogP contribution in [-0.4, -0.2) is 9.97 Å². The summed E-state index contributed by atoms with van der Waals surface area (Å²) in [7, 11) is 0. The Kier molecular flexibility index (Phi) is 8.35. The fourth-order valence-electron chi connectivity index (χ4n) is 3.36. The predicted octanol–water partition coefficient (Wildman–Crippen LogP) is 8.69. The second kappa shape index (κ2) is 10.2. The smallest absolute Gasteiger partial charge is 0.344 e. The largest absolute Gasteiger partial charge is 0.416 e. The molecular weight excluding hydrogens is 577 g/mol. The van der Waals surface area contributed by atoms with Gasteiger partial charge in [0.05, 0.1) is 40.1 Å². The Morgan fingerprint density at radius 3 is 1.18 bits per heavy atom. The van der Waals surface area contributed by atoms with Crippen molar-refractivity contribution in [3.8, 4) is 0 Å². The van der Waals surface area contributed by atoms with Gasteiger partial charge in [0, 0.05) is 0 Å². The summed E-state index contributed by atoms with van der Waals surface area (Å²) in [4.78, 5) is 6.54. The molecule has 0 amide bonds. The number of hydrogen-bond donors (Lipinski definition) is 1. The van der Waals surface area contributed by atoms with E-state index >= 15 is 0 Å². The molecule has 1 aromatic heterocycles. The zero-order chi connectivity index (χ0) is 28.1. The van der Waals surface area contributed by atoms with E-state index in [2.05, 4.69) is 9.97 Å². The summed E-state index contributed by atoms with van der Waals surface area (Å²) in [6.45, 7) is 0. The minimum absolute atomic E-state index is 0. The highest BCUT2D eigenvalue weighted by Gasteiger charge is 2.41. The van der Waals surface area contributed by atoms with Gasteiger partial charge in [0.25, 0.3) is 0 Å². The average Bonchev–Trinajstić information content (AvgIpc) is 2.73. The molecule has 1 heterocycles. The van der Waals surface area contributed by atoms with Crippen LogP contribution in [0.5, 0.6) is 0 Å². The number of aromatic nitrogens is 2. The molecule has 2 aromatic carbocycles. The molecule has 0 atom stereocenters. The third kappa shape index (κ3) is 6.83. The predicted molar refractivity (Wildman–Crippen MR) is 106 cm³/mol. The lowest BCUT2D eigenvalue weighted by atomic mass is 9.84. The zero-order valence-electron chi connectivity index (χ0n) is 18.0. The van der Waals surface area contributed by atoms with E-state index in [9.17, 15) is 57.1 Å². The number of benzene rings is 2. The molecule has 0 fully saturated rings. The van der Waals surface area contributed by atoms with Gasteiger partial charge < -0.3 is 6.15 Å². The number of hydrogen-bond acceptors (Lipinski definition) is 3. The molecule has 3 N–H and O–H groups in total. The van der Waals surface area contributed by atoms with Crippen molar-refractivity contribution >= 4 is 11.6 Å². The van der Waals surface area contributed by atoms with E-state index in [1.807, 2.05) is 0 Å². The number of nitrogens with zero attached hydrogens (tertiary/aromatic N) is 2. The van der Waals surface area contributed by atoms with Crippen LogP contribution in [0.2, 0.25) is 5.28 Å². The molecule has 3 nitrogen and oxygen atoms in total. The maximum atomic E-state index is 14.7. The van der Waals surface area contributed by atoms with Crippen LogP contribution in [0.25, 0.3) is 0 Å². The van der Waals surface area contributed by atoms with Crippen molar-refractivity contribution in [3.63, 3.8) is 0 Å². The molecule has 0 saturated carbocycles. The Hall–Kier alpha value is -3.14. The van der Waals surface area contributed by atoms with E-state index < -0.39 is 80.8 Å². The molecule has 0 radical (unpaired) electrons. The number of halogens is 14. The third-order valence-electron chi connectivity index (χ3n) is 4.90. The molecule has 208 valence electrons. The van der Waals surface area contributed by atoms with Gasteiger partial charge in [-0.15, -0.1) is 0 Å². The van der Waals surface area contributed by atoms with Gasteiger partial charge in [0.2, 0.25) is 5.28 Å². The lowest BCUT2D eigenvalue weighted by Crippen LogP contribution is -2.17. The molecule has 0 aliphatic heterocycles. The zero-order valence-corrected chi connectivity index (χ0v) is 18.8. The van der Waals surface area contributed by atoms with Crippen LogP contribution >= 0.6 is 11.6 Å². The van der Waals surface area contributed by atoms with E-state index in [1.165, 1.54) is 0 Å². The Labute approximate surface area is 208 Å². The highest BCUT2D eigenvalue weighted by atomic mass is 35.5. The topological polar surface area (TPSA) is 60.8 Å². The van der Waals surface area contributed by atoms with E-state index in [4.69, 9.17) is 11.6 Å². The molecule has 0 bridgehead atoms. The van der Waals surface area contributed by atoms with Gasteiger partial charge in [-0.2, -0.15) is 52.7 Å². The fourth-order valence-corrected chi connectivity index (χ4v) is 3.50. The van der Waals surface area contributed by atoms with Crippen LogP contribution in [0.4, 0.5) is 57.1 Å². The normalized spacial score (nSPS) is 13.0. The van der Waals surface area contributed by atoms with Crippen LogP contribution in [-0.2, 0) is 24.7 Å². The van der Waals surface area contributed by atoms with E-state index in [0.717, 1.165) is 0 Å². The lowest BCUT2D eigenvalue weighted by Gasteiger charge is -2.23. The summed E-state index contributed by atoms with van der Waals surface area (Å²) >= 11 is 5.54. The van der Waals surface area contributed by atoms with E-state index in [0.29, 0.717) is 6.20 Å². The summed E-state index contributed by atoms with van der Waals surface area (Å²) in [6.07, 6.45) is -21.4. The van der Waals surface area contributed by atoms with E-state index in [1.54, 1.807) is 0 Å². The van der Waals surface area contributed by atoms with Crippen LogP contribution in [0.15, 0.2) is 42.6 Å². The molecule has 0 aliphatic carbocycles. The first-order valence-electron chi connectivity index (χ1n) is 9.44. The summed E-state index contributed by atoms with van der Waals surface area (Å²) in [5, 5.41) is -0.840. The second-order valence-corrected chi connectivity index (χ2v) is 7.82. The summed E-state index contributed by atoms with van der Waals surface area (Å²) in [5.41, 5.74) is -11.3. The Morgan fingerprint density at radius 1 is 0.579 bits per heavy atom. The van der Waals surface area contributed by atoms with Crippen molar-refractivity contribution in [2.45, 2.75) is 30.6 Å². The molecule has 17 heteroatoms. The summed E-state index contributed by atoms with van der Waals surface area (Å²) < 4.78 is 175. The summed E-state index contributed by atoms with van der Waals surface area (Å²) in [6, 6.07) is -0.522. The SMILES string of the molecule is Fc1cnc(Cl)nc1C(c1cc(C(F)(F)F)cc(C(F)(F)F)c1)c1cc(C(F)(F)F)cc(C(F)(F)F)c1.N. The van der Waals surface area contributed by atoms with Crippen LogP contribution < -0.4 is 6.15 Å². The molecule has 3 rings (SSSR count). The van der Waals surface area contributed by atoms with Crippen LogP contribution in [0, 0.1) is 5.82 Å². The first-order valence-corrected chi connectivity index (χ1v) is 9.82. The van der Waals surface area contributed by atoms with Crippen LogP contribution in [0.1, 0.15) is 45.0 Å². The molecule has 3 aromatic rings. The van der Waals surface area contributed by atoms with Crippen molar-refractivity contribution in [2.75, 3.05) is 0 Å². The van der Waals surface area contributed by atoms with Crippen LogP contribution in [0.3, 0.4) is 0 Å². The minimum Gasteiger partial charge on any atom is -0.344 e. The highest BCUT2D eigenvalue weighted by Crippen LogP contribution is 2.44. The average molecular weight is 588 g/mol. The molecule has 0 aliphatic rings. The fraction of sp³-hybridized carbons (Fsp3) is 0.238. The standard InChI is InChI=1S/C21H8ClF13N2.H3N/c22-17-36-7-14(23)16(37-17)15(8-1-10(18(24,25)26)5-11(2-8)19(27,28)29)9-3-12(20(30,31)32)6-13(4-9)21(33,34)35;/h1-7,15H;1H3. The van der Waals surface area contributed by atoms with Gasteiger partial charge in [-0.1, -0.05) is 0 Å². The van der Waals surface area contributed by atoms with Crippen molar-refractivity contribution in [1.29, 1.82) is 0 Å². The maximum Gasteiger partial charge on any atom is 0.416 e. The van der Waals surface area contributed by atoms with Gasteiger partial charge in [-0.3, -0.25) is 0 Å². The molecular formula is C21H11ClF13N3. The molecule has 38 heavy (non-hydrogen) atoms. The van der Waals surface area contributed by atoms with Gasteiger partial charge >= 0.3 is 24.7 Å². The Bertz CT molecular complexity index is 1170. The second-order valence-electron chi connectivity index (χ2n) is 7.48. The highest BCUT2D eigenvalue weighted by molar-refractivity contribution is 6.28. The number of alkyl halides is 12. The molecule has 0 spiro atoms. The lowest BCUT2D eigenvalue weighted by molar-refractivity contribution is -0.144. The van der Waals surface area contributed by atoms with Crippen molar-refractivity contribution < 1.29 is 57.1 Å². The van der Waals surface area contributed by atoms with Gasteiger partial charge in [0.1, 0.15) is 0 Å². The van der Waals surface area contributed by atoms with E-state index in [-0.39, 0.29) is 42.5 Å². The molecule has 0 unspecified atom stereocenters. The van der Waals surface area contributed by atoms with Crippen molar-refractivity contribution in [1.82, 2.24) is 16.1 Å². The first kappa shape index (κ1) is 31.1. The Balaban J connectivity index is 0.00000507. The van der Waals surface area contributed by atoms with Gasteiger partial charge in [0.15, 0.2) is 5.82 Å². The first-order chi connectivity index (χ1) is 16.7. The minimum atomic E-state index is -5.44. The van der Waals surface area contributed by atoms with Crippen molar-refractivity contribution in [3.05, 3.63) is 92.8 Å². The third-order valence-corrected chi connectivity index (χ3v) is 5.08. The monoisotopic (exact) mass is 587 g/mol. The number of rotatable bonds is 3. The summed E-state index contributed by atoms with van der Waals surface area (Å²) in [5.74, 6) is -4.02. The molecule has 0 saturated heterocycles. The van der Waals surface area contributed by atoms with Gasteiger partial charge in [-0.05, 0) is 59.1 Å². The van der Waals surface area contributed by atoms with Gasteiger partial charge in [-0.25, -0.2) is 14.4 Å².